The summed E-state index contributed by atoms with van der Waals surface area (Å²) in [4.78, 5) is 24.6. The molecule has 0 unspecified atom stereocenters. The Hall–Kier alpha value is -3.33. The Morgan fingerprint density at radius 2 is 1.79 bits per heavy atom. The molecule has 0 saturated carbocycles. The zero-order valence-electron chi connectivity index (χ0n) is 19.0. The first-order chi connectivity index (χ1) is 15.8. The largest absolute Gasteiger partial charge is 0.368 e. The summed E-state index contributed by atoms with van der Waals surface area (Å²) in [6, 6.07) is 6.56. The third-order valence-corrected chi connectivity index (χ3v) is 6.06. The van der Waals surface area contributed by atoms with Crippen LogP contribution in [0.25, 0.3) is 27.7 Å². The van der Waals surface area contributed by atoms with Crippen LogP contribution in [0.2, 0.25) is 0 Å². The molecule has 7 nitrogen and oxygen atoms in total. The Balaban J connectivity index is 1.89. The molecule has 1 saturated heterocycles. The maximum absolute atomic E-state index is 14.2. The number of fused-ring (bicyclic) bond motifs is 5. The lowest BCUT2D eigenvalue weighted by atomic mass is 10.1. The maximum atomic E-state index is 14.2. The molecule has 0 bridgehead atoms. The maximum Gasteiger partial charge on any atom is 0.255 e. The van der Waals surface area contributed by atoms with Crippen molar-refractivity contribution in [3.63, 3.8) is 0 Å². The second-order valence-electron chi connectivity index (χ2n) is 8.84. The highest BCUT2D eigenvalue weighted by molar-refractivity contribution is 6.07. The van der Waals surface area contributed by atoms with Crippen molar-refractivity contribution in [1.82, 2.24) is 25.0 Å². The number of hydrogen-bond acceptors (Lipinski definition) is 5. The molecule has 1 fully saturated rings. The van der Waals surface area contributed by atoms with Gasteiger partial charge in [0.25, 0.3) is 5.91 Å². The molecule has 33 heavy (non-hydrogen) atoms. The van der Waals surface area contributed by atoms with Crippen LogP contribution in [0.4, 0.5) is 14.5 Å². The molecule has 0 aliphatic carbocycles. The van der Waals surface area contributed by atoms with Gasteiger partial charge < -0.3 is 15.5 Å². The van der Waals surface area contributed by atoms with Gasteiger partial charge in [0.2, 0.25) is 0 Å². The number of aromatic nitrogens is 3. The predicted octanol–water partition coefficient (Wildman–Crippen LogP) is 3.56. The van der Waals surface area contributed by atoms with Crippen LogP contribution >= 0.6 is 0 Å². The molecular formula is C24H26F2N6O. The number of aryl methyl sites for hydroxylation is 1. The Morgan fingerprint density at radius 1 is 1.09 bits per heavy atom. The van der Waals surface area contributed by atoms with Crippen molar-refractivity contribution in [2.45, 2.75) is 39.8 Å². The fourth-order valence-electron chi connectivity index (χ4n) is 4.84. The van der Waals surface area contributed by atoms with Crippen molar-refractivity contribution in [1.29, 1.82) is 0 Å². The summed E-state index contributed by atoms with van der Waals surface area (Å²) in [6.45, 7) is 10.0. The van der Waals surface area contributed by atoms with E-state index in [9.17, 15) is 13.6 Å². The van der Waals surface area contributed by atoms with Crippen LogP contribution in [0.1, 0.15) is 36.8 Å². The average molecular weight is 453 g/mol. The number of nitrogens with one attached hydrogen (secondary N) is 2. The van der Waals surface area contributed by atoms with E-state index in [4.69, 9.17) is 4.98 Å². The normalized spacial score (nSPS) is 19.0. The van der Waals surface area contributed by atoms with Crippen molar-refractivity contribution in [3.8, 4) is 0 Å². The highest BCUT2D eigenvalue weighted by Crippen LogP contribution is 2.33. The van der Waals surface area contributed by atoms with Crippen LogP contribution in [0, 0.1) is 18.6 Å². The number of benzene rings is 1. The van der Waals surface area contributed by atoms with Crippen LogP contribution in [-0.4, -0.2) is 52.0 Å². The summed E-state index contributed by atoms with van der Waals surface area (Å²) in [6.07, 6.45) is 0. The monoisotopic (exact) mass is 452 g/mol. The summed E-state index contributed by atoms with van der Waals surface area (Å²) < 4.78 is 29.9. The minimum absolute atomic E-state index is 0.265. The molecule has 2 atom stereocenters. The number of hydrogen-bond donors (Lipinski definition) is 2. The molecule has 4 heterocycles. The molecular weight excluding hydrogens is 426 g/mol. The van der Waals surface area contributed by atoms with E-state index in [-0.39, 0.29) is 23.5 Å². The highest BCUT2D eigenvalue weighted by atomic mass is 19.2. The van der Waals surface area contributed by atoms with Gasteiger partial charge in [-0.05, 0) is 39.8 Å². The van der Waals surface area contributed by atoms with Gasteiger partial charge in [0.05, 0.1) is 16.6 Å². The Morgan fingerprint density at radius 3 is 2.48 bits per heavy atom. The molecule has 4 aromatic rings. The third-order valence-electron chi connectivity index (χ3n) is 6.06. The van der Waals surface area contributed by atoms with Gasteiger partial charge in [-0.1, -0.05) is 0 Å². The van der Waals surface area contributed by atoms with E-state index in [1.54, 1.807) is 10.5 Å². The summed E-state index contributed by atoms with van der Waals surface area (Å²) in [5.74, 6) is -2.25. The average Bonchev–Trinajstić information content (AvgIpc) is 3.10. The standard InChI is InChI=1S/C24H26F2N6O/c1-5-27-24(33)16-7-15-20(31-10-13(3)28-14(4)11-31)6-12(2)29-22(15)32-21-9-18(26)17(25)8-19(21)30-23(16)32/h6-9,13-14,28H,5,10-11H2,1-4H3,(H,27,33)/t13-,14+. The number of pyridine rings is 2. The number of anilines is 1. The topological polar surface area (TPSA) is 74.6 Å². The van der Waals surface area contributed by atoms with Gasteiger partial charge >= 0.3 is 0 Å². The summed E-state index contributed by atoms with van der Waals surface area (Å²) >= 11 is 0. The summed E-state index contributed by atoms with van der Waals surface area (Å²) in [5, 5.41) is 7.12. The third kappa shape index (κ3) is 3.56. The Bertz CT molecular complexity index is 1410. The molecule has 1 aliphatic rings. The molecule has 0 spiro atoms. The van der Waals surface area contributed by atoms with E-state index >= 15 is 0 Å². The molecule has 9 heteroatoms. The van der Waals surface area contributed by atoms with Crippen LogP contribution in [0.15, 0.2) is 24.3 Å². The number of carbonyl (C=O) groups is 1. The van der Waals surface area contributed by atoms with E-state index in [0.29, 0.717) is 28.9 Å². The summed E-state index contributed by atoms with van der Waals surface area (Å²) in [5.41, 5.74) is 3.58. The van der Waals surface area contributed by atoms with E-state index in [2.05, 4.69) is 34.4 Å². The van der Waals surface area contributed by atoms with Crippen LogP contribution in [0.3, 0.4) is 0 Å². The first-order valence-corrected chi connectivity index (χ1v) is 11.2. The molecule has 1 aliphatic heterocycles. The number of imidazole rings is 1. The highest BCUT2D eigenvalue weighted by Gasteiger charge is 2.26. The van der Waals surface area contributed by atoms with Crippen molar-refractivity contribution in [2.75, 3.05) is 24.5 Å². The molecule has 172 valence electrons. The first-order valence-electron chi connectivity index (χ1n) is 11.2. The molecule has 2 N–H and O–H groups in total. The number of piperazine rings is 1. The van der Waals surface area contributed by atoms with Crippen molar-refractivity contribution in [3.05, 3.63) is 47.2 Å². The summed E-state index contributed by atoms with van der Waals surface area (Å²) in [7, 11) is 0. The molecule has 5 rings (SSSR count). The smallest absolute Gasteiger partial charge is 0.255 e. The SMILES string of the molecule is CCNC(=O)c1cc2c(N3C[C@@H](C)N[C@@H](C)C3)cc(C)nc2n2c1nc1cc(F)c(F)cc12. The Kier molecular flexibility index (Phi) is 5.16. The van der Waals surface area contributed by atoms with E-state index in [1.165, 1.54) is 0 Å². The number of carbonyl (C=O) groups excluding carboxylic acids is 1. The number of rotatable bonds is 3. The lowest BCUT2D eigenvalue weighted by molar-refractivity contribution is 0.0957. The van der Waals surface area contributed by atoms with Crippen molar-refractivity contribution < 1.29 is 13.6 Å². The van der Waals surface area contributed by atoms with Crippen LogP contribution < -0.4 is 15.5 Å². The fourth-order valence-corrected chi connectivity index (χ4v) is 4.84. The first kappa shape index (κ1) is 21.5. The van der Waals surface area contributed by atoms with Crippen LogP contribution in [-0.2, 0) is 0 Å². The van der Waals surface area contributed by atoms with Crippen molar-refractivity contribution >= 4 is 39.3 Å². The van der Waals surface area contributed by atoms with Crippen LogP contribution in [0.5, 0.6) is 0 Å². The quantitative estimate of drug-likeness (QED) is 0.497. The molecule has 3 aromatic heterocycles. The van der Waals surface area contributed by atoms with Gasteiger partial charge in [-0.25, -0.2) is 18.7 Å². The van der Waals surface area contributed by atoms with Gasteiger partial charge in [0, 0.05) is 60.6 Å². The van der Waals surface area contributed by atoms with E-state index in [1.807, 2.05) is 19.9 Å². The second kappa shape index (κ2) is 7.91. The lowest BCUT2D eigenvalue weighted by Gasteiger charge is -2.38. The second-order valence-corrected chi connectivity index (χ2v) is 8.84. The van der Waals surface area contributed by atoms with Crippen molar-refractivity contribution in [2.24, 2.45) is 0 Å². The lowest BCUT2D eigenvalue weighted by Crippen LogP contribution is -2.54. The minimum atomic E-state index is -0.983. The molecule has 1 amide bonds. The minimum Gasteiger partial charge on any atom is -0.368 e. The van der Waals surface area contributed by atoms with Gasteiger partial charge in [-0.2, -0.15) is 0 Å². The van der Waals surface area contributed by atoms with Gasteiger partial charge in [0.15, 0.2) is 17.3 Å². The van der Waals surface area contributed by atoms with Gasteiger partial charge in [-0.15, -0.1) is 0 Å². The molecule has 1 aromatic carbocycles. The van der Waals surface area contributed by atoms with E-state index < -0.39 is 11.6 Å². The zero-order valence-corrected chi connectivity index (χ0v) is 19.0. The zero-order chi connectivity index (χ0) is 23.4. The van der Waals surface area contributed by atoms with Gasteiger partial charge in [0.1, 0.15) is 5.65 Å². The number of nitrogens with zero attached hydrogens (tertiary/aromatic N) is 4. The Labute approximate surface area is 189 Å². The number of halogens is 2. The fraction of sp³-hybridized carbons (Fsp3) is 0.375. The molecule has 0 radical (unpaired) electrons. The van der Waals surface area contributed by atoms with Gasteiger partial charge in [-0.3, -0.25) is 9.20 Å². The van der Waals surface area contributed by atoms with E-state index in [0.717, 1.165) is 42.0 Å². The number of amides is 1. The predicted molar refractivity (Wildman–Crippen MR) is 125 cm³/mol.